The highest BCUT2D eigenvalue weighted by atomic mass is 35.5. The molecule has 33 heavy (non-hydrogen) atoms. The number of aliphatic hydroxyl groups excluding tert-OH is 2. The molecule has 0 aromatic heterocycles. The van der Waals surface area contributed by atoms with Crippen LogP contribution in [0, 0.1) is 17.3 Å². The molecule has 2 rings (SSSR count). The Bertz CT molecular complexity index is 898. The van der Waals surface area contributed by atoms with Crippen LogP contribution in [-0.2, 0) is 27.2 Å². The average molecular weight is 483 g/mol. The predicted octanol–water partition coefficient (Wildman–Crippen LogP) is 0.810. The molecule has 6 N–H and O–H groups in total. The summed E-state index contributed by atoms with van der Waals surface area (Å²) >= 11 is 6.33. The lowest BCUT2D eigenvalue weighted by molar-refractivity contribution is -0.165. The van der Waals surface area contributed by atoms with Gasteiger partial charge in [0.1, 0.15) is 0 Å². The van der Waals surface area contributed by atoms with Gasteiger partial charge in [-0.1, -0.05) is 50.3 Å². The van der Waals surface area contributed by atoms with Crippen molar-refractivity contribution in [2.45, 2.75) is 52.2 Å². The van der Waals surface area contributed by atoms with Gasteiger partial charge < -0.3 is 31.1 Å². The molecule has 1 heterocycles. The van der Waals surface area contributed by atoms with Crippen molar-refractivity contribution in [1.29, 1.82) is 0 Å². The minimum absolute atomic E-state index is 0.00935. The quantitative estimate of drug-likeness (QED) is 0.337. The zero-order chi connectivity index (χ0) is 25.2. The third kappa shape index (κ3) is 10.2. The van der Waals surface area contributed by atoms with Crippen molar-refractivity contribution in [2.75, 3.05) is 19.6 Å². The van der Waals surface area contributed by atoms with Gasteiger partial charge >= 0.3 is 11.9 Å². The van der Waals surface area contributed by atoms with Gasteiger partial charge in [-0.2, -0.15) is 0 Å². The molecule has 0 saturated heterocycles. The fraction of sp³-hybridized carbons (Fsp3) is 0.522. The normalized spacial score (nSPS) is 14.7. The molecule has 1 amide bonds. The number of halogens is 1. The highest BCUT2D eigenvalue weighted by molar-refractivity contribution is 6.31. The van der Waals surface area contributed by atoms with E-state index in [9.17, 15) is 14.4 Å². The molecule has 1 aromatic rings. The summed E-state index contributed by atoms with van der Waals surface area (Å²) < 4.78 is 0. The van der Waals surface area contributed by atoms with E-state index in [1.807, 2.05) is 26.8 Å². The Labute approximate surface area is 198 Å². The fourth-order valence-corrected chi connectivity index (χ4v) is 3.19. The van der Waals surface area contributed by atoms with E-state index in [4.69, 9.17) is 32.0 Å². The second-order valence-electron chi connectivity index (χ2n) is 8.69. The van der Waals surface area contributed by atoms with E-state index in [0.29, 0.717) is 18.0 Å². The smallest absolute Gasteiger partial charge is 0.335 e. The second kappa shape index (κ2) is 13.2. The van der Waals surface area contributed by atoms with Gasteiger partial charge in [0, 0.05) is 12.0 Å². The van der Waals surface area contributed by atoms with Gasteiger partial charge in [0.15, 0.2) is 12.2 Å². The molecule has 1 aromatic carbocycles. The van der Waals surface area contributed by atoms with Crippen molar-refractivity contribution in [3.05, 3.63) is 33.8 Å². The molecule has 2 atom stereocenters. The summed E-state index contributed by atoms with van der Waals surface area (Å²) in [7, 11) is 0. The lowest BCUT2D eigenvalue weighted by Crippen LogP contribution is -2.39. The molecule has 10 heteroatoms. The maximum atomic E-state index is 11.8. The van der Waals surface area contributed by atoms with Crippen LogP contribution in [0.1, 0.15) is 43.9 Å². The molecule has 0 fully saturated rings. The van der Waals surface area contributed by atoms with E-state index >= 15 is 0 Å². The van der Waals surface area contributed by atoms with E-state index in [1.54, 1.807) is 0 Å². The predicted molar refractivity (Wildman–Crippen MR) is 123 cm³/mol. The number of hydrogen-bond acceptors (Lipinski definition) is 6. The average Bonchev–Trinajstić information content (AvgIpc) is 2.96. The summed E-state index contributed by atoms with van der Waals surface area (Å²) in [6.45, 7) is 8.43. The fourth-order valence-electron chi connectivity index (χ4n) is 2.97. The topological polar surface area (TPSA) is 156 Å². The minimum Gasteiger partial charge on any atom is -0.479 e. The summed E-state index contributed by atoms with van der Waals surface area (Å²) in [5.74, 6) is 2.70. The highest BCUT2D eigenvalue weighted by Gasteiger charge is 2.29. The molecule has 0 saturated carbocycles. The van der Waals surface area contributed by atoms with Gasteiger partial charge in [0.2, 0.25) is 5.91 Å². The van der Waals surface area contributed by atoms with Crippen molar-refractivity contribution in [2.24, 2.45) is 5.41 Å². The second-order valence-corrected chi connectivity index (χ2v) is 9.10. The summed E-state index contributed by atoms with van der Waals surface area (Å²) in [4.78, 5) is 31.3. The number of aliphatic hydroxyl groups is 2. The van der Waals surface area contributed by atoms with Crippen LogP contribution in [0.3, 0.4) is 0 Å². The number of rotatable bonds is 5. The lowest BCUT2D eigenvalue weighted by atomic mass is 9.92. The number of carbonyl (C=O) groups excluding carboxylic acids is 1. The first-order valence-corrected chi connectivity index (χ1v) is 10.8. The van der Waals surface area contributed by atoms with Crippen LogP contribution in [-0.4, -0.2) is 70.1 Å². The summed E-state index contributed by atoms with van der Waals surface area (Å²) in [5.41, 5.74) is 3.47. The Morgan fingerprint density at radius 3 is 2.21 bits per heavy atom. The Kier molecular flexibility index (Phi) is 11.3. The summed E-state index contributed by atoms with van der Waals surface area (Å²) in [5, 5.41) is 39.5. The van der Waals surface area contributed by atoms with Crippen molar-refractivity contribution in [3.63, 3.8) is 0 Å². The third-order valence-electron chi connectivity index (χ3n) is 4.57. The highest BCUT2D eigenvalue weighted by Crippen LogP contribution is 2.24. The zero-order valence-electron chi connectivity index (χ0n) is 18.9. The van der Waals surface area contributed by atoms with Crippen LogP contribution in [0.2, 0.25) is 5.02 Å². The van der Waals surface area contributed by atoms with Crippen LogP contribution >= 0.6 is 11.6 Å². The monoisotopic (exact) mass is 482 g/mol. The van der Waals surface area contributed by atoms with Gasteiger partial charge in [-0.15, -0.1) is 0 Å². The van der Waals surface area contributed by atoms with Crippen LogP contribution in [0.15, 0.2) is 12.1 Å². The van der Waals surface area contributed by atoms with Crippen LogP contribution < -0.4 is 10.6 Å². The molecule has 0 bridgehead atoms. The molecule has 0 spiro atoms. The molecule has 0 unspecified atom stereocenters. The zero-order valence-corrected chi connectivity index (χ0v) is 19.7. The van der Waals surface area contributed by atoms with Crippen LogP contribution in [0.25, 0.3) is 0 Å². The van der Waals surface area contributed by atoms with Crippen molar-refractivity contribution in [3.8, 4) is 11.8 Å². The Morgan fingerprint density at radius 1 is 1.09 bits per heavy atom. The molecule has 0 radical (unpaired) electrons. The maximum Gasteiger partial charge on any atom is 0.335 e. The number of benzene rings is 1. The largest absolute Gasteiger partial charge is 0.479 e. The van der Waals surface area contributed by atoms with Crippen molar-refractivity contribution < 1.29 is 34.8 Å². The SMILES string of the molecule is CC(C)(C)CC(=O)NCC#Cc1c(Cl)ccc2c1CCNCC2.O=C(O)[C@H](O)[C@@H](O)C(=O)O. The van der Waals surface area contributed by atoms with Gasteiger partial charge in [-0.05, 0) is 48.5 Å². The first-order valence-electron chi connectivity index (χ1n) is 10.4. The first kappa shape index (κ1) is 28.4. The number of carboxylic acid groups (broad SMARTS) is 2. The minimum atomic E-state index is -2.27. The van der Waals surface area contributed by atoms with E-state index in [0.717, 1.165) is 31.5 Å². The molecule has 9 nitrogen and oxygen atoms in total. The molecular formula is C23H31ClN2O7. The lowest BCUT2D eigenvalue weighted by Gasteiger charge is -2.16. The van der Waals surface area contributed by atoms with Gasteiger partial charge in [0.05, 0.1) is 11.6 Å². The van der Waals surface area contributed by atoms with Crippen molar-refractivity contribution in [1.82, 2.24) is 10.6 Å². The maximum absolute atomic E-state index is 11.8. The van der Waals surface area contributed by atoms with E-state index in [2.05, 4.69) is 28.5 Å². The third-order valence-corrected chi connectivity index (χ3v) is 4.88. The number of hydrogen-bond donors (Lipinski definition) is 6. The number of carbonyl (C=O) groups is 3. The first-order chi connectivity index (χ1) is 15.3. The Balaban J connectivity index is 0.000000461. The number of carboxylic acids is 2. The number of fused-ring (bicyclic) bond motifs is 1. The Morgan fingerprint density at radius 2 is 1.67 bits per heavy atom. The van der Waals surface area contributed by atoms with Crippen LogP contribution in [0.4, 0.5) is 0 Å². The number of amides is 1. The standard InChI is InChI=1S/C19H25ClN2O.C4H6O6/c1-19(2,3)13-18(23)22-10-4-5-16-15-9-12-21-11-8-14(15)6-7-17(16)20;5-1(3(7)8)2(6)4(9)10/h6-7,21H,8-13H2,1-3H3,(H,22,23);1-2,5-6H,(H,7,8)(H,9,10)/t;1-,2-/m.1/s1. The van der Waals surface area contributed by atoms with E-state index < -0.39 is 24.1 Å². The van der Waals surface area contributed by atoms with Gasteiger partial charge in [-0.3, -0.25) is 4.79 Å². The van der Waals surface area contributed by atoms with Crippen LogP contribution in [0.5, 0.6) is 0 Å². The van der Waals surface area contributed by atoms with Gasteiger partial charge in [0.25, 0.3) is 0 Å². The molecule has 0 aliphatic carbocycles. The molecule has 1 aliphatic rings. The Hall–Kier alpha value is -2.64. The number of aliphatic carboxylic acids is 2. The summed E-state index contributed by atoms with van der Waals surface area (Å²) in [6, 6.07) is 4.02. The molecular weight excluding hydrogens is 452 g/mol. The van der Waals surface area contributed by atoms with Gasteiger partial charge in [-0.25, -0.2) is 9.59 Å². The molecule has 1 aliphatic heterocycles. The molecule has 182 valence electrons. The van der Waals surface area contributed by atoms with E-state index in [-0.39, 0.29) is 11.3 Å². The van der Waals surface area contributed by atoms with Crippen molar-refractivity contribution >= 4 is 29.4 Å². The number of nitrogens with one attached hydrogen (secondary N) is 2. The van der Waals surface area contributed by atoms with E-state index in [1.165, 1.54) is 11.1 Å². The summed E-state index contributed by atoms with van der Waals surface area (Å²) in [6.07, 6.45) is -2.09.